The molecule has 3 rings (SSSR count). The van der Waals surface area contributed by atoms with Crippen LogP contribution >= 0.6 is 0 Å². The molecule has 2 aromatic carbocycles. The molecule has 2 N–H and O–H groups in total. The first-order valence-corrected chi connectivity index (χ1v) is 6.64. The van der Waals surface area contributed by atoms with Gasteiger partial charge in [-0.15, -0.1) is 0 Å². The van der Waals surface area contributed by atoms with Crippen molar-refractivity contribution < 1.29 is 17.9 Å². The molecule has 1 aliphatic heterocycles. The smallest absolute Gasteiger partial charge is 0.263 e. The zero-order chi connectivity index (χ0) is 15.0. The number of hydrogen-bond donors (Lipinski definition) is 1. The Morgan fingerprint density at radius 1 is 1.10 bits per heavy atom. The summed E-state index contributed by atoms with van der Waals surface area (Å²) in [7, 11) is 0. The molecule has 0 aromatic heterocycles. The van der Waals surface area contributed by atoms with Gasteiger partial charge in [0.1, 0.15) is 17.7 Å². The van der Waals surface area contributed by atoms with E-state index in [1.165, 1.54) is 24.3 Å². The van der Waals surface area contributed by atoms with Crippen LogP contribution in [0.15, 0.2) is 42.5 Å². The molecule has 1 heterocycles. The highest BCUT2D eigenvalue weighted by Crippen LogP contribution is 2.40. The molecule has 0 fully saturated rings. The summed E-state index contributed by atoms with van der Waals surface area (Å²) in [5, 5.41) is 0. The van der Waals surface area contributed by atoms with Crippen LogP contribution in [0.3, 0.4) is 0 Å². The number of fused-ring (bicyclic) bond motifs is 1. The maximum atomic E-state index is 13.2. The summed E-state index contributed by atoms with van der Waals surface area (Å²) < 4.78 is 44.1. The summed E-state index contributed by atoms with van der Waals surface area (Å²) in [5.41, 5.74) is 7.44. The van der Waals surface area contributed by atoms with Crippen LogP contribution in [-0.4, -0.2) is 0 Å². The lowest BCUT2D eigenvalue weighted by Crippen LogP contribution is -2.24. The number of benzene rings is 2. The Kier molecular flexibility index (Phi) is 3.59. The van der Waals surface area contributed by atoms with Gasteiger partial charge in [0, 0.05) is 23.6 Å². The number of nitrogens with two attached hydrogens (primary N) is 1. The van der Waals surface area contributed by atoms with Gasteiger partial charge in [0.2, 0.25) is 0 Å². The minimum absolute atomic E-state index is 0.0265. The zero-order valence-electron chi connectivity index (χ0n) is 11.1. The normalized spacial score (nSPS) is 21.0. The Labute approximate surface area is 120 Å². The first kappa shape index (κ1) is 13.9. The number of hydrogen-bond acceptors (Lipinski definition) is 2. The van der Waals surface area contributed by atoms with Crippen LogP contribution in [0.4, 0.5) is 13.2 Å². The summed E-state index contributed by atoms with van der Waals surface area (Å²) in [6.45, 7) is 0. The Bertz CT molecular complexity index is 642. The van der Waals surface area contributed by atoms with Crippen molar-refractivity contribution in [3.8, 4) is 5.75 Å². The lowest BCUT2D eigenvalue weighted by atomic mass is 9.93. The van der Waals surface area contributed by atoms with Gasteiger partial charge in [-0.2, -0.15) is 0 Å². The Morgan fingerprint density at radius 3 is 2.48 bits per heavy atom. The molecule has 0 amide bonds. The molecule has 110 valence electrons. The van der Waals surface area contributed by atoms with Gasteiger partial charge in [0.25, 0.3) is 6.43 Å². The van der Waals surface area contributed by atoms with Gasteiger partial charge < -0.3 is 10.5 Å². The summed E-state index contributed by atoms with van der Waals surface area (Å²) in [4.78, 5) is 0. The van der Waals surface area contributed by atoms with Crippen molar-refractivity contribution in [2.24, 2.45) is 5.73 Å². The summed E-state index contributed by atoms with van der Waals surface area (Å²) >= 11 is 0. The fourth-order valence-electron chi connectivity index (χ4n) is 2.54. The van der Waals surface area contributed by atoms with Gasteiger partial charge in [0.05, 0.1) is 0 Å². The van der Waals surface area contributed by atoms with E-state index in [0.717, 1.165) is 5.56 Å². The standard InChI is InChI=1S/C16H14F3NO/c17-11-5-6-14-12(7-11)13(20)8-15(21-14)9-1-3-10(4-2-9)16(18)19/h1-7,13,15-16H,8,20H2/t13-,15?/m1/s1. The quantitative estimate of drug-likeness (QED) is 0.896. The van der Waals surface area contributed by atoms with E-state index in [2.05, 4.69) is 0 Å². The SMILES string of the molecule is N[C@@H]1CC(c2ccc(C(F)F)cc2)Oc2ccc(F)cc21. The lowest BCUT2D eigenvalue weighted by Gasteiger charge is -2.30. The van der Waals surface area contributed by atoms with E-state index in [9.17, 15) is 13.2 Å². The molecule has 0 aliphatic carbocycles. The summed E-state index contributed by atoms with van der Waals surface area (Å²) in [5.74, 6) is 0.186. The van der Waals surface area contributed by atoms with E-state index in [-0.39, 0.29) is 23.5 Å². The third kappa shape index (κ3) is 2.74. The third-order valence-corrected chi connectivity index (χ3v) is 3.67. The van der Waals surface area contributed by atoms with Crippen LogP contribution in [0.1, 0.15) is 41.7 Å². The van der Waals surface area contributed by atoms with Gasteiger partial charge in [-0.1, -0.05) is 24.3 Å². The average Bonchev–Trinajstić information content (AvgIpc) is 2.48. The van der Waals surface area contributed by atoms with E-state index < -0.39 is 6.43 Å². The second-order valence-corrected chi connectivity index (χ2v) is 5.10. The second-order valence-electron chi connectivity index (χ2n) is 5.10. The molecular weight excluding hydrogens is 279 g/mol. The fourth-order valence-corrected chi connectivity index (χ4v) is 2.54. The predicted octanol–water partition coefficient (Wildman–Crippen LogP) is 4.29. The first-order valence-electron chi connectivity index (χ1n) is 6.64. The van der Waals surface area contributed by atoms with Crippen LogP contribution in [0, 0.1) is 5.82 Å². The fraction of sp³-hybridized carbons (Fsp3) is 0.250. The molecule has 1 unspecified atom stereocenters. The van der Waals surface area contributed by atoms with Crippen LogP contribution in [0.25, 0.3) is 0 Å². The highest BCUT2D eigenvalue weighted by atomic mass is 19.3. The number of alkyl halides is 2. The summed E-state index contributed by atoms with van der Waals surface area (Å²) in [6.07, 6.45) is -2.33. The minimum atomic E-state index is -2.49. The van der Waals surface area contributed by atoms with Gasteiger partial charge in [-0.3, -0.25) is 0 Å². The molecule has 2 atom stereocenters. The van der Waals surface area contributed by atoms with Crippen LogP contribution in [-0.2, 0) is 0 Å². The van der Waals surface area contributed by atoms with Crippen LogP contribution in [0.2, 0.25) is 0 Å². The molecule has 2 aromatic rings. The van der Waals surface area contributed by atoms with Crippen molar-refractivity contribution in [2.75, 3.05) is 0 Å². The largest absolute Gasteiger partial charge is 0.485 e. The van der Waals surface area contributed by atoms with E-state index >= 15 is 0 Å². The third-order valence-electron chi connectivity index (χ3n) is 3.67. The second kappa shape index (κ2) is 5.41. The monoisotopic (exact) mass is 293 g/mol. The first-order chi connectivity index (χ1) is 10.0. The van der Waals surface area contributed by atoms with Crippen LogP contribution in [0.5, 0.6) is 5.75 Å². The van der Waals surface area contributed by atoms with Crippen molar-refractivity contribution in [1.82, 2.24) is 0 Å². The zero-order valence-corrected chi connectivity index (χ0v) is 11.1. The number of ether oxygens (including phenoxy) is 1. The molecule has 0 spiro atoms. The van der Waals surface area contributed by atoms with Crippen LogP contribution < -0.4 is 10.5 Å². The highest BCUT2D eigenvalue weighted by molar-refractivity contribution is 5.39. The van der Waals surface area contributed by atoms with E-state index in [0.29, 0.717) is 17.7 Å². The summed E-state index contributed by atoms with van der Waals surface area (Å²) in [6, 6.07) is 9.89. The van der Waals surface area contributed by atoms with Crippen molar-refractivity contribution in [2.45, 2.75) is 25.0 Å². The number of halogens is 3. The van der Waals surface area contributed by atoms with E-state index in [4.69, 9.17) is 10.5 Å². The topological polar surface area (TPSA) is 35.2 Å². The molecular formula is C16H14F3NO. The lowest BCUT2D eigenvalue weighted by molar-refractivity contribution is 0.150. The molecule has 2 nitrogen and oxygen atoms in total. The maximum absolute atomic E-state index is 13.2. The Balaban J connectivity index is 1.86. The minimum Gasteiger partial charge on any atom is -0.485 e. The average molecular weight is 293 g/mol. The van der Waals surface area contributed by atoms with Gasteiger partial charge in [-0.25, -0.2) is 13.2 Å². The van der Waals surface area contributed by atoms with Crippen molar-refractivity contribution in [3.63, 3.8) is 0 Å². The van der Waals surface area contributed by atoms with Gasteiger partial charge in [-0.05, 0) is 23.8 Å². The molecule has 5 heteroatoms. The molecule has 21 heavy (non-hydrogen) atoms. The van der Waals surface area contributed by atoms with Gasteiger partial charge >= 0.3 is 0 Å². The van der Waals surface area contributed by atoms with Crippen molar-refractivity contribution in [1.29, 1.82) is 0 Å². The van der Waals surface area contributed by atoms with Crippen molar-refractivity contribution in [3.05, 3.63) is 65.0 Å². The van der Waals surface area contributed by atoms with E-state index in [1.807, 2.05) is 0 Å². The Morgan fingerprint density at radius 2 is 1.81 bits per heavy atom. The maximum Gasteiger partial charge on any atom is 0.263 e. The molecule has 0 saturated carbocycles. The van der Waals surface area contributed by atoms with Crippen molar-refractivity contribution >= 4 is 0 Å². The molecule has 0 bridgehead atoms. The van der Waals surface area contributed by atoms with Gasteiger partial charge in [0.15, 0.2) is 0 Å². The Hall–Kier alpha value is -2.01. The predicted molar refractivity (Wildman–Crippen MR) is 72.7 cm³/mol. The van der Waals surface area contributed by atoms with E-state index in [1.54, 1.807) is 18.2 Å². The molecule has 1 aliphatic rings. The molecule has 0 radical (unpaired) electrons. The molecule has 0 saturated heterocycles. The highest BCUT2D eigenvalue weighted by Gasteiger charge is 2.27. The number of rotatable bonds is 2.